The topological polar surface area (TPSA) is 115 Å². The van der Waals surface area contributed by atoms with Gasteiger partial charge in [-0.3, -0.25) is 9.59 Å². The van der Waals surface area contributed by atoms with Gasteiger partial charge < -0.3 is 15.8 Å². The molecule has 1 saturated carbocycles. The summed E-state index contributed by atoms with van der Waals surface area (Å²) in [4.78, 5) is 25.3. The Kier molecular flexibility index (Phi) is 7.29. The zero-order valence-electron chi connectivity index (χ0n) is 19.3. The summed E-state index contributed by atoms with van der Waals surface area (Å²) in [5, 5.41) is 25.6. The average Bonchev–Trinajstić information content (AvgIpc) is 2.88. The third kappa shape index (κ3) is 5.63. The molecule has 1 heterocycles. The number of hydrogen-bond donors (Lipinski definition) is 3. The SMILES string of the molecule is N#CC1=CC(c2ccc([C@H]3CCC[C@@H](C(=O)Nc4ccc(C(F)(F)F)cc4F)[C@@H]3C(=O)O)cc2)=NNC1. The molecule has 0 unspecified atom stereocenters. The Morgan fingerprint density at radius 3 is 2.49 bits per heavy atom. The molecule has 0 saturated heterocycles. The van der Waals surface area contributed by atoms with Gasteiger partial charge in [-0.1, -0.05) is 30.7 Å². The number of hydrazone groups is 1. The Hall–Kier alpha value is -4.20. The van der Waals surface area contributed by atoms with Crippen molar-refractivity contribution in [2.75, 3.05) is 11.9 Å². The minimum absolute atomic E-state index is 0.240. The van der Waals surface area contributed by atoms with E-state index >= 15 is 0 Å². The van der Waals surface area contributed by atoms with Crippen LogP contribution in [0.3, 0.4) is 0 Å². The molecule has 3 atom stereocenters. The highest BCUT2D eigenvalue weighted by atomic mass is 19.4. The van der Waals surface area contributed by atoms with E-state index in [1.54, 1.807) is 30.3 Å². The van der Waals surface area contributed by atoms with Crippen LogP contribution < -0.4 is 10.7 Å². The number of halogens is 4. The quantitative estimate of drug-likeness (QED) is 0.495. The summed E-state index contributed by atoms with van der Waals surface area (Å²) in [5.74, 6) is -5.84. The summed E-state index contributed by atoms with van der Waals surface area (Å²) in [6.45, 7) is 0.334. The molecule has 2 aromatic carbocycles. The molecule has 1 amide bonds. The van der Waals surface area contributed by atoms with E-state index in [0.717, 1.165) is 11.6 Å². The van der Waals surface area contributed by atoms with Crippen molar-refractivity contribution < 1.29 is 32.3 Å². The molecule has 7 nitrogen and oxygen atoms in total. The normalized spacial score (nSPS) is 21.6. The first kappa shape index (κ1) is 25.9. The second kappa shape index (κ2) is 10.4. The summed E-state index contributed by atoms with van der Waals surface area (Å²) in [6, 6.07) is 10.9. The number of anilines is 1. The summed E-state index contributed by atoms with van der Waals surface area (Å²) in [5.41, 5.74) is 3.64. The maximum Gasteiger partial charge on any atom is 0.416 e. The zero-order chi connectivity index (χ0) is 26.7. The maximum absolute atomic E-state index is 14.3. The maximum atomic E-state index is 14.3. The van der Waals surface area contributed by atoms with E-state index in [9.17, 15) is 32.3 Å². The lowest BCUT2D eigenvalue weighted by molar-refractivity contribution is -0.148. The molecular weight excluding hydrogens is 492 g/mol. The molecule has 3 N–H and O–H groups in total. The molecule has 0 radical (unpaired) electrons. The van der Waals surface area contributed by atoms with Crippen molar-refractivity contribution >= 4 is 23.3 Å². The molecule has 1 aliphatic heterocycles. The smallest absolute Gasteiger partial charge is 0.416 e. The summed E-state index contributed by atoms with van der Waals surface area (Å²) in [6.07, 6.45) is -1.79. The number of aliphatic carboxylic acids is 1. The monoisotopic (exact) mass is 514 g/mol. The molecule has 2 aromatic rings. The molecule has 11 heteroatoms. The van der Waals surface area contributed by atoms with Crippen molar-refractivity contribution in [3.05, 3.63) is 76.6 Å². The van der Waals surface area contributed by atoms with Crippen LogP contribution in [0.5, 0.6) is 0 Å². The van der Waals surface area contributed by atoms with Crippen molar-refractivity contribution in [3.8, 4) is 6.07 Å². The number of nitriles is 1. The van der Waals surface area contributed by atoms with E-state index in [1.165, 1.54) is 0 Å². The number of hydrogen-bond acceptors (Lipinski definition) is 5. The summed E-state index contributed by atoms with van der Waals surface area (Å²) >= 11 is 0. The third-order valence-electron chi connectivity index (χ3n) is 6.63. The molecule has 1 aliphatic carbocycles. The van der Waals surface area contributed by atoms with Gasteiger partial charge in [0.2, 0.25) is 5.91 Å². The lowest BCUT2D eigenvalue weighted by Gasteiger charge is -2.35. The number of nitrogens with one attached hydrogen (secondary N) is 2. The Morgan fingerprint density at radius 2 is 1.86 bits per heavy atom. The molecular formula is C26H22F4N4O3. The van der Waals surface area contributed by atoms with Crippen LogP contribution in [0.1, 0.15) is 41.9 Å². The molecule has 2 aliphatic rings. The Bertz CT molecular complexity index is 1310. The van der Waals surface area contributed by atoms with Crippen LogP contribution in [0.2, 0.25) is 0 Å². The van der Waals surface area contributed by atoms with Crippen LogP contribution in [0.4, 0.5) is 23.2 Å². The number of carboxylic acids is 1. The van der Waals surface area contributed by atoms with Gasteiger partial charge in [0.25, 0.3) is 0 Å². The number of benzene rings is 2. The predicted molar refractivity (Wildman–Crippen MR) is 126 cm³/mol. The summed E-state index contributed by atoms with van der Waals surface area (Å²) in [7, 11) is 0. The van der Waals surface area contributed by atoms with Crippen LogP contribution in [-0.4, -0.2) is 29.2 Å². The molecule has 1 fully saturated rings. The van der Waals surface area contributed by atoms with E-state index in [0.29, 0.717) is 42.3 Å². The van der Waals surface area contributed by atoms with Gasteiger partial charge in [-0.2, -0.15) is 23.5 Å². The Morgan fingerprint density at radius 1 is 1.14 bits per heavy atom. The summed E-state index contributed by atoms with van der Waals surface area (Å²) < 4.78 is 52.7. The second-order valence-electron chi connectivity index (χ2n) is 8.92. The fraction of sp³-hybridized carbons (Fsp3) is 0.308. The Labute approximate surface area is 209 Å². The number of amides is 1. The van der Waals surface area contributed by atoms with Crippen LogP contribution in [-0.2, 0) is 15.8 Å². The van der Waals surface area contributed by atoms with E-state index < -0.39 is 52.9 Å². The van der Waals surface area contributed by atoms with Gasteiger partial charge in [0, 0.05) is 5.56 Å². The van der Waals surface area contributed by atoms with Crippen molar-refractivity contribution in [2.24, 2.45) is 16.9 Å². The first-order chi connectivity index (χ1) is 17.6. The van der Waals surface area contributed by atoms with Crippen LogP contribution in [0, 0.1) is 29.0 Å². The standard InChI is InChI=1S/C26H22F4N4O3/c27-20-11-17(26(28,29)30)8-9-21(20)33-24(35)19-3-1-2-18(23(19)25(36)37)15-4-6-16(7-5-15)22-10-14(12-31)13-32-34-22/h4-11,18-19,23,32H,1-3,13H2,(H,33,35)(H,36,37)/t18-,19-,23-/m1/s1. The lowest BCUT2D eigenvalue weighted by Crippen LogP contribution is -2.40. The molecule has 0 aromatic heterocycles. The van der Waals surface area contributed by atoms with Crippen LogP contribution in [0.25, 0.3) is 0 Å². The van der Waals surface area contributed by atoms with Crippen molar-refractivity contribution in [1.29, 1.82) is 5.26 Å². The number of carbonyl (C=O) groups excluding carboxylic acids is 1. The number of nitrogens with zero attached hydrogens (tertiary/aromatic N) is 2. The van der Waals surface area contributed by atoms with Crippen molar-refractivity contribution in [3.63, 3.8) is 0 Å². The highest BCUT2D eigenvalue weighted by molar-refractivity contribution is 6.09. The highest BCUT2D eigenvalue weighted by Crippen LogP contribution is 2.42. The van der Waals surface area contributed by atoms with Gasteiger partial charge in [0.05, 0.1) is 47.0 Å². The largest absolute Gasteiger partial charge is 0.481 e. The number of rotatable bonds is 5. The lowest BCUT2D eigenvalue weighted by atomic mass is 9.69. The van der Waals surface area contributed by atoms with E-state index in [2.05, 4.69) is 21.9 Å². The average molecular weight is 514 g/mol. The molecule has 192 valence electrons. The van der Waals surface area contributed by atoms with Crippen LogP contribution in [0.15, 0.2) is 59.2 Å². The first-order valence-corrected chi connectivity index (χ1v) is 11.5. The predicted octanol–water partition coefficient (Wildman–Crippen LogP) is 4.82. The number of carboxylic acid groups (broad SMARTS) is 1. The third-order valence-corrected chi connectivity index (χ3v) is 6.63. The number of alkyl halides is 3. The fourth-order valence-electron chi connectivity index (χ4n) is 4.81. The van der Waals surface area contributed by atoms with E-state index in [4.69, 9.17) is 5.26 Å². The van der Waals surface area contributed by atoms with E-state index in [1.807, 2.05) is 0 Å². The van der Waals surface area contributed by atoms with Gasteiger partial charge in [0.15, 0.2) is 0 Å². The van der Waals surface area contributed by atoms with Gasteiger partial charge in [-0.25, -0.2) is 4.39 Å². The van der Waals surface area contributed by atoms with Gasteiger partial charge in [-0.15, -0.1) is 0 Å². The minimum Gasteiger partial charge on any atom is -0.481 e. The van der Waals surface area contributed by atoms with E-state index in [-0.39, 0.29) is 12.5 Å². The molecule has 4 rings (SSSR count). The number of allylic oxidation sites excluding steroid dienone is 1. The minimum atomic E-state index is -4.74. The van der Waals surface area contributed by atoms with Crippen LogP contribution >= 0.6 is 0 Å². The number of carbonyl (C=O) groups is 2. The molecule has 37 heavy (non-hydrogen) atoms. The molecule has 0 spiro atoms. The zero-order valence-corrected chi connectivity index (χ0v) is 19.3. The second-order valence-corrected chi connectivity index (χ2v) is 8.92. The highest BCUT2D eigenvalue weighted by Gasteiger charge is 2.43. The van der Waals surface area contributed by atoms with Crippen molar-refractivity contribution in [1.82, 2.24) is 5.43 Å². The fourth-order valence-corrected chi connectivity index (χ4v) is 4.81. The molecule has 0 bridgehead atoms. The Balaban J connectivity index is 1.54. The van der Waals surface area contributed by atoms with Gasteiger partial charge in [0.1, 0.15) is 5.82 Å². The first-order valence-electron chi connectivity index (χ1n) is 11.5. The van der Waals surface area contributed by atoms with Gasteiger partial charge >= 0.3 is 12.1 Å². The van der Waals surface area contributed by atoms with Crippen molar-refractivity contribution in [2.45, 2.75) is 31.4 Å². The van der Waals surface area contributed by atoms with Gasteiger partial charge in [-0.05, 0) is 48.6 Å².